The smallest absolute Gasteiger partial charge is 0.407 e. The molecule has 4 aromatic carbocycles. The van der Waals surface area contributed by atoms with Crippen LogP contribution in [0.5, 0.6) is 11.5 Å². The van der Waals surface area contributed by atoms with Gasteiger partial charge in [0.25, 0.3) is 5.56 Å². The summed E-state index contributed by atoms with van der Waals surface area (Å²) in [5, 5.41) is 14.6. The van der Waals surface area contributed by atoms with Crippen molar-refractivity contribution < 1.29 is 43.1 Å². The second-order valence-corrected chi connectivity index (χ2v) is 13.0. The Bertz CT molecular complexity index is 2060. The minimum atomic E-state index is -1.35. The number of carbonyl (C=O) groups excluding carboxylic acids is 1. The fraction of sp³-hybridized carbons (Fsp3) is 0.310. The summed E-state index contributed by atoms with van der Waals surface area (Å²) in [5.41, 5.74) is 0.512. The average molecular weight is 768 g/mol. The maximum Gasteiger partial charge on any atom is 0.407 e. The van der Waals surface area contributed by atoms with Crippen molar-refractivity contribution in [3.63, 3.8) is 0 Å². The Morgan fingerprint density at radius 3 is 1.98 bits per heavy atom. The normalized spacial score (nSPS) is 18.6. The number of hydrogen-bond donors (Lipinski definition) is 3. The van der Waals surface area contributed by atoms with Gasteiger partial charge in [-0.25, -0.2) is 9.59 Å². The fourth-order valence-corrected chi connectivity index (χ4v) is 6.66. The monoisotopic (exact) mass is 767 g/mol. The number of aromatic amines is 1. The van der Waals surface area contributed by atoms with Crippen LogP contribution in [0.1, 0.15) is 28.5 Å². The number of amides is 1. The topological polar surface area (TPSA) is 169 Å². The third kappa shape index (κ3) is 9.18. The molecule has 1 amide bonds. The van der Waals surface area contributed by atoms with Crippen LogP contribution in [0.2, 0.25) is 0 Å². The fourth-order valence-electron chi connectivity index (χ4n) is 6.66. The van der Waals surface area contributed by atoms with E-state index >= 15 is 0 Å². The van der Waals surface area contributed by atoms with Gasteiger partial charge in [0.05, 0.1) is 40.1 Å². The van der Waals surface area contributed by atoms with Gasteiger partial charge in [0.2, 0.25) is 0 Å². The van der Waals surface area contributed by atoms with E-state index in [4.69, 9.17) is 33.2 Å². The molecule has 3 N–H and O–H groups in total. The summed E-state index contributed by atoms with van der Waals surface area (Å²) in [6.07, 6.45) is -4.20. The molecule has 0 spiro atoms. The van der Waals surface area contributed by atoms with Gasteiger partial charge in [0.15, 0.2) is 6.23 Å². The molecule has 5 aromatic rings. The number of benzene rings is 4. The molecule has 5 atom stereocenters. The average Bonchev–Trinajstić information content (AvgIpc) is 3.54. The summed E-state index contributed by atoms with van der Waals surface area (Å²) >= 11 is 0. The summed E-state index contributed by atoms with van der Waals surface area (Å²) in [5.74, 6) is 1.31. The van der Waals surface area contributed by atoms with Crippen molar-refractivity contribution >= 4 is 6.09 Å². The predicted octanol–water partition coefficient (Wildman–Crippen LogP) is 4.15. The van der Waals surface area contributed by atoms with Gasteiger partial charge in [-0.3, -0.25) is 14.3 Å². The lowest BCUT2D eigenvalue weighted by Crippen LogP contribution is -2.45. The van der Waals surface area contributed by atoms with Gasteiger partial charge >= 0.3 is 11.8 Å². The van der Waals surface area contributed by atoms with E-state index in [9.17, 15) is 19.5 Å². The number of aromatic nitrogens is 2. The number of aliphatic hydroxyl groups excluding tert-OH is 1. The molecular formula is C42H45N3O11. The van der Waals surface area contributed by atoms with Crippen molar-refractivity contribution in [2.75, 3.05) is 41.2 Å². The van der Waals surface area contributed by atoms with Crippen molar-refractivity contribution in [2.45, 2.75) is 42.8 Å². The molecule has 0 aliphatic carbocycles. The molecule has 2 heterocycles. The molecule has 294 valence electrons. The summed E-state index contributed by atoms with van der Waals surface area (Å²) < 4.78 is 42.4. The Labute approximate surface area is 323 Å². The lowest BCUT2D eigenvalue weighted by atomic mass is 9.80. The highest BCUT2D eigenvalue weighted by Gasteiger charge is 2.48. The Kier molecular flexibility index (Phi) is 13.3. The van der Waals surface area contributed by atoms with E-state index in [1.807, 2.05) is 109 Å². The third-order valence-electron chi connectivity index (χ3n) is 9.47. The van der Waals surface area contributed by atoms with Gasteiger partial charge in [0.1, 0.15) is 42.0 Å². The van der Waals surface area contributed by atoms with E-state index in [0.717, 1.165) is 26.8 Å². The highest BCUT2D eigenvalue weighted by atomic mass is 16.6. The van der Waals surface area contributed by atoms with Crippen LogP contribution in [0.3, 0.4) is 0 Å². The summed E-state index contributed by atoms with van der Waals surface area (Å²) in [7, 11) is 4.65. The zero-order chi connectivity index (χ0) is 39.5. The number of rotatable bonds is 17. The number of nitrogens with zero attached hydrogens (tertiary/aromatic N) is 1. The zero-order valence-electron chi connectivity index (χ0n) is 31.2. The molecule has 1 fully saturated rings. The first-order valence-corrected chi connectivity index (χ1v) is 18.0. The van der Waals surface area contributed by atoms with Crippen LogP contribution in [-0.4, -0.2) is 86.3 Å². The van der Waals surface area contributed by atoms with Crippen molar-refractivity contribution in [3.05, 3.63) is 165 Å². The maximum absolute atomic E-state index is 13.1. The largest absolute Gasteiger partial charge is 0.497 e. The van der Waals surface area contributed by atoms with E-state index in [1.54, 1.807) is 14.2 Å². The number of nitrogens with one attached hydrogen (secondary N) is 2. The predicted molar refractivity (Wildman–Crippen MR) is 205 cm³/mol. The Hall–Kier alpha value is -5.77. The molecule has 0 bridgehead atoms. The van der Waals surface area contributed by atoms with Crippen LogP contribution in [0.4, 0.5) is 4.79 Å². The minimum Gasteiger partial charge on any atom is -0.497 e. The molecule has 0 saturated carbocycles. The van der Waals surface area contributed by atoms with Gasteiger partial charge in [-0.1, -0.05) is 84.9 Å². The van der Waals surface area contributed by atoms with E-state index in [1.165, 1.54) is 19.4 Å². The quantitative estimate of drug-likeness (QED) is 0.116. The number of methoxy groups -OCH3 is 3. The standard InChI is InChI=1S/C42H45N3O11/c1-50-25-32(43-41(49)54-24-28-10-6-4-7-11-28)26-53-38-37(47)35(56-39(38)45-23-22-36(46)44-40(45)48)27-55-42(29-12-8-5-9-13-29,30-14-18-33(51-2)19-15-30)31-16-20-34(52-3)21-17-31/h4-23,32,35,37-39,47H,24-27H2,1-3H3,(H,43,49)(H,44,46,48)/t32-,35+,37+,38+,39+/m0/s1. The maximum atomic E-state index is 13.1. The van der Waals surface area contributed by atoms with Crippen molar-refractivity contribution in [1.29, 1.82) is 0 Å². The van der Waals surface area contributed by atoms with E-state index in [0.29, 0.717) is 11.5 Å². The van der Waals surface area contributed by atoms with Crippen molar-refractivity contribution in [3.8, 4) is 11.5 Å². The number of alkyl carbamates (subject to hydrolysis) is 1. The van der Waals surface area contributed by atoms with E-state index in [-0.39, 0.29) is 26.4 Å². The van der Waals surface area contributed by atoms with Gasteiger partial charge in [-0.05, 0) is 46.5 Å². The Balaban J connectivity index is 1.29. The molecule has 14 nitrogen and oxygen atoms in total. The summed E-state index contributed by atoms with van der Waals surface area (Å²) in [4.78, 5) is 40.1. The molecule has 6 rings (SSSR count). The van der Waals surface area contributed by atoms with Crippen molar-refractivity contribution in [1.82, 2.24) is 14.9 Å². The summed E-state index contributed by atoms with van der Waals surface area (Å²) in [6.45, 7) is -0.247. The van der Waals surface area contributed by atoms with Crippen LogP contribution >= 0.6 is 0 Å². The lowest BCUT2D eigenvalue weighted by Gasteiger charge is -2.37. The number of H-pyrrole nitrogens is 1. The Morgan fingerprint density at radius 1 is 0.821 bits per heavy atom. The first kappa shape index (κ1) is 39.9. The van der Waals surface area contributed by atoms with Crippen LogP contribution in [0.15, 0.2) is 131 Å². The summed E-state index contributed by atoms with van der Waals surface area (Å²) in [6, 6.07) is 34.3. The molecule has 1 aromatic heterocycles. The van der Waals surface area contributed by atoms with Crippen LogP contribution < -0.4 is 26.0 Å². The molecule has 0 unspecified atom stereocenters. The van der Waals surface area contributed by atoms with E-state index < -0.39 is 53.5 Å². The van der Waals surface area contributed by atoms with Crippen molar-refractivity contribution in [2.24, 2.45) is 0 Å². The van der Waals surface area contributed by atoms with Gasteiger partial charge < -0.3 is 43.6 Å². The van der Waals surface area contributed by atoms with Gasteiger partial charge in [-0.15, -0.1) is 0 Å². The molecular weight excluding hydrogens is 722 g/mol. The Morgan fingerprint density at radius 2 is 1.41 bits per heavy atom. The number of hydrogen-bond acceptors (Lipinski definition) is 11. The second-order valence-electron chi connectivity index (χ2n) is 13.0. The van der Waals surface area contributed by atoms with Crippen LogP contribution in [0, 0.1) is 0 Å². The molecule has 1 aliphatic heterocycles. The number of carbonyl (C=O) groups is 1. The molecule has 56 heavy (non-hydrogen) atoms. The first-order valence-electron chi connectivity index (χ1n) is 18.0. The third-order valence-corrected chi connectivity index (χ3v) is 9.47. The van der Waals surface area contributed by atoms with Crippen LogP contribution in [0.25, 0.3) is 0 Å². The minimum absolute atomic E-state index is 0.0449. The lowest BCUT2D eigenvalue weighted by molar-refractivity contribution is -0.0992. The number of aliphatic hydroxyl groups is 1. The van der Waals surface area contributed by atoms with E-state index in [2.05, 4.69) is 10.3 Å². The first-order chi connectivity index (χ1) is 27.2. The highest BCUT2D eigenvalue weighted by molar-refractivity contribution is 5.67. The molecule has 1 aliphatic rings. The zero-order valence-corrected chi connectivity index (χ0v) is 31.2. The molecule has 14 heteroatoms. The van der Waals surface area contributed by atoms with Gasteiger partial charge in [-0.2, -0.15) is 0 Å². The second kappa shape index (κ2) is 18.7. The van der Waals surface area contributed by atoms with Crippen LogP contribution in [-0.2, 0) is 35.9 Å². The van der Waals surface area contributed by atoms with Gasteiger partial charge in [0, 0.05) is 19.4 Å². The molecule has 0 radical (unpaired) electrons. The SMILES string of the molecule is COC[C@@H](CO[C@@H]1[C@H](O)[C@@H](COC(c2ccccc2)(c2ccc(OC)cc2)c2ccc(OC)cc2)O[C@H]1n1ccc(=O)[nH]c1=O)NC(=O)OCc1ccccc1. The number of ether oxygens (including phenoxy) is 7. The molecule has 1 saturated heterocycles. The highest BCUT2D eigenvalue weighted by Crippen LogP contribution is 2.43.